The number of nitrogens with two attached hydrogens (primary N) is 1. The van der Waals surface area contributed by atoms with Gasteiger partial charge < -0.3 is 20.5 Å². The number of hydrogen-bond acceptors (Lipinski definition) is 5. The number of pyridine rings is 1. The van der Waals surface area contributed by atoms with Gasteiger partial charge >= 0.3 is 6.09 Å². The van der Waals surface area contributed by atoms with Crippen molar-refractivity contribution in [1.82, 2.24) is 10.3 Å². The lowest BCUT2D eigenvalue weighted by atomic mass is 10.0. The Morgan fingerprint density at radius 3 is 2.38 bits per heavy atom. The van der Waals surface area contributed by atoms with E-state index in [0.29, 0.717) is 17.5 Å². The van der Waals surface area contributed by atoms with Crippen molar-refractivity contribution in [2.45, 2.75) is 58.2 Å². The van der Waals surface area contributed by atoms with Crippen molar-refractivity contribution < 1.29 is 14.3 Å². The molecule has 2 unspecified atom stereocenters. The summed E-state index contributed by atoms with van der Waals surface area (Å²) >= 11 is 0. The fourth-order valence-electron chi connectivity index (χ4n) is 3.67. The van der Waals surface area contributed by atoms with Crippen LogP contribution in [0.3, 0.4) is 0 Å². The Balaban J connectivity index is 1.46. The molecule has 1 amide bonds. The number of alkyl carbamates (subject to hydrolysis) is 1. The molecule has 2 atom stereocenters. The van der Waals surface area contributed by atoms with Gasteiger partial charge in [0, 0.05) is 17.5 Å². The maximum atomic E-state index is 12.3. The van der Waals surface area contributed by atoms with Gasteiger partial charge in [-0.15, -0.1) is 0 Å². The van der Waals surface area contributed by atoms with Gasteiger partial charge in [0.05, 0.1) is 11.6 Å². The van der Waals surface area contributed by atoms with Crippen LogP contribution in [-0.2, 0) is 4.74 Å². The first-order valence-corrected chi connectivity index (χ1v) is 11.1. The van der Waals surface area contributed by atoms with Crippen LogP contribution in [-0.4, -0.2) is 16.7 Å². The zero-order valence-corrected chi connectivity index (χ0v) is 19.1. The van der Waals surface area contributed by atoms with Crippen molar-refractivity contribution in [3.8, 4) is 11.6 Å². The van der Waals surface area contributed by atoms with E-state index in [4.69, 9.17) is 15.2 Å². The van der Waals surface area contributed by atoms with Crippen molar-refractivity contribution in [2.75, 3.05) is 0 Å². The molecule has 4 rings (SSSR count). The molecule has 6 nitrogen and oxygen atoms in total. The van der Waals surface area contributed by atoms with Crippen LogP contribution in [0.2, 0.25) is 0 Å². The summed E-state index contributed by atoms with van der Waals surface area (Å²) in [7, 11) is 0. The minimum absolute atomic E-state index is 0.0156. The summed E-state index contributed by atoms with van der Waals surface area (Å²) in [5.74, 6) is 1.67. The predicted octanol–water partition coefficient (Wildman–Crippen LogP) is 6.02. The molecule has 1 saturated carbocycles. The molecule has 0 saturated heterocycles. The molecule has 32 heavy (non-hydrogen) atoms. The molecular weight excluding hydrogens is 402 g/mol. The van der Waals surface area contributed by atoms with Crippen molar-refractivity contribution >= 4 is 17.0 Å². The summed E-state index contributed by atoms with van der Waals surface area (Å²) < 4.78 is 11.4. The van der Waals surface area contributed by atoms with Gasteiger partial charge in [0.15, 0.2) is 0 Å². The van der Waals surface area contributed by atoms with E-state index in [0.717, 1.165) is 34.9 Å². The molecule has 1 aliphatic rings. The van der Waals surface area contributed by atoms with Crippen LogP contribution in [0.25, 0.3) is 10.9 Å². The lowest BCUT2D eigenvalue weighted by molar-refractivity contribution is 0.0497. The van der Waals surface area contributed by atoms with Crippen LogP contribution in [0, 0.1) is 5.92 Å². The minimum atomic E-state index is -0.521. The molecule has 168 valence electrons. The third kappa shape index (κ3) is 5.56. The van der Waals surface area contributed by atoms with Gasteiger partial charge in [0.1, 0.15) is 11.4 Å². The Bertz CT molecular complexity index is 1100. The largest absolute Gasteiger partial charge is 0.444 e. The van der Waals surface area contributed by atoms with Gasteiger partial charge in [-0.1, -0.05) is 18.2 Å². The second-order valence-corrected chi connectivity index (χ2v) is 9.52. The van der Waals surface area contributed by atoms with E-state index in [1.54, 1.807) is 0 Å². The molecule has 3 N–H and O–H groups in total. The number of fused-ring (bicyclic) bond motifs is 1. The predicted molar refractivity (Wildman–Crippen MR) is 126 cm³/mol. The second kappa shape index (κ2) is 8.79. The lowest BCUT2D eigenvalue weighted by Gasteiger charge is -2.24. The van der Waals surface area contributed by atoms with Crippen LogP contribution in [0.15, 0.2) is 54.6 Å². The average Bonchev–Trinajstić information content (AvgIpc) is 3.56. The molecule has 1 aliphatic carbocycles. The molecule has 0 bridgehead atoms. The average molecular weight is 434 g/mol. The van der Waals surface area contributed by atoms with E-state index >= 15 is 0 Å². The van der Waals surface area contributed by atoms with Crippen LogP contribution in [0.1, 0.15) is 63.7 Å². The number of carbonyl (C=O) groups excluding carboxylic acids is 1. The van der Waals surface area contributed by atoms with Crippen LogP contribution < -0.4 is 15.8 Å². The Morgan fingerprint density at radius 2 is 1.75 bits per heavy atom. The number of benzene rings is 2. The van der Waals surface area contributed by atoms with E-state index in [1.807, 2.05) is 76.2 Å². The maximum Gasteiger partial charge on any atom is 0.408 e. The van der Waals surface area contributed by atoms with E-state index in [-0.39, 0.29) is 18.2 Å². The highest BCUT2D eigenvalue weighted by molar-refractivity contribution is 5.80. The Hall–Kier alpha value is -3.12. The number of aromatic nitrogens is 1. The first-order chi connectivity index (χ1) is 15.2. The topological polar surface area (TPSA) is 86.5 Å². The van der Waals surface area contributed by atoms with Crippen LogP contribution >= 0.6 is 0 Å². The van der Waals surface area contributed by atoms with Crippen molar-refractivity contribution in [1.29, 1.82) is 0 Å². The molecule has 0 spiro atoms. The highest BCUT2D eigenvalue weighted by Gasteiger charge is 2.34. The summed E-state index contributed by atoms with van der Waals surface area (Å²) in [6.45, 7) is 7.56. The smallest absolute Gasteiger partial charge is 0.408 e. The molecule has 1 heterocycles. The SMILES string of the molecule is CC(N)c1ccc2nc(Oc3ccc(C(NC(=O)OC(C)(C)C)C4CC4)cc3)ccc2c1. The molecule has 2 aromatic carbocycles. The molecule has 1 fully saturated rings. The zero-order valence-electron chi connectivity index (χ0n) is 19.1. The highest BCUT2D eigenvalue weighted by atomic mass is 16.6. The summed E-state index contributed by atoms with van der Waals surface area (Å²) in [6.07, 6.45) is 1.82. The van der Waals surface area contributed by atoms with Crippen LogP contribution in [0.5, 0.6) is 11.6 Å². The zero-order chi connectivity index (χ0) is 22.9. The number of carbonyl (C=O) groups is 1. The van der Waals surface area contributed by atoms with Crippen molar-refractivity contribution in [2.24, 2.45) is 11.7 Å². The number of nitrogens with one attached hydrogen (secondary N) is 1. The third-order valence-electron chi connectivity index (χ3n) is 5.44. The normalized spacial score (nSPS) is 15.8. The molecular formula is C26H31N3O3. The summed E-state index contributed by atoms with van der Waals surface area (Å²) in [6, 6.07) is 17.6. The van der Waals surface area contributed by atoms with Gasteiger partial charge in [0.25, 0.3) is 0 Å². The summed E-state index contributed by atoms with van der Waals surface area (Å²) in [5.41, 5.74) is 8.43. The molecule has 0 radical (unpaired) electrons. The van der Waals surface area contributed by atoms with Gasteiger partial charge in [-0.3, -0.25) is 0 Å². The van der Waals surface area contributed by atoms with Crippen LogP contribution in [0.4, 0.5) is 4.79 Å². The number of rotatable bonds is 6. The fraction of sp³-hybridized carbons (Fsp3) is 0.385. The first kappa shape index (κ1) is 22.1. The Morgan fingerprint density at radius 1 is 1.06 bits per heavy atom. The molecule has 6 heteroatoms. The Kier molecular flexibility index (Phi) is 6.07. The second-order valence-electron chi connectivity index (χ2n) is 9.52. The quantitative estimate of drug-likeness (QED) is 0.496. The molecule has 0 aliphatic heterocycles. The molecule has 1 aromatic heterocycles. The summed E-state index contributed by atoms with van der Waals surface area (Å²) in [5, 5.41) is 4.06. The number of hydrogen-bond donors (Lipinski definition) is 2. The van der Waals surface area contributed by atoms with E-state index in [1.165, 1.54) is 0 Å². The number of amides is 1. The third-order valence-corrected chi connectivity index (χ3v) is 5.44. The standard InChI is InChI=1S/C26H31N3O3/c1-16(27)19-9-13-22-20(15-19)10-14-23(28-22)31-21-11-7-18(8-12-21)24(17-5-6-17)29-25(30)32-26(2,3)4/h7-17,24H,5-6,27H2,1-4H3,(H,29,30). The van der Waals surface area contributed by atoms with E-state index in [2.05, 4.69) is 16.4 Å². The highest BCUT2D eigenvalue weighted by Crippen LogP contribution is 2.41. The number of nitrogens with zero attached hydrogens (tertiary/aromatic N) is 1. The minimum Gasteiger partial charge on any atom is -0.444 e. The van der Waals surface area contributed by atoms with Crippen molar-refractivity contribution in [3.63, 3.8) is 0 Å². The number of ether oxygens (including phenoxy) is 2. The Labute approximate surface area is 189 Å². The van der Waals surface area contributed by atoms with E-state index < -0.39 is 5.60 Å². The van der Waals surface area contributed by atoms with Gasteiger partial charge in [-0.2, -0.15) is 0 Å². The van der Waals surface area contributed by atoms with Gasteiger partial charge in [-0.25, -0.2) is 9.78 Å². The maximum absolute atomic E-state index is 12.3. The summed E-state index contributed by atoms with van der Waals surface area (Å²) in [4.78, 5) is 16.9. The first-order valence-electron chi connectivity index (χ1n) is 11.1. The van der Waals surface area contributed by atoms with E-state index in [9.17, 15) is 4.79 Å². The molecule has 3 aromatic rings. The fourth-order valence-corrected chi connectivity index (χ4v) is 3.67. The van der Waals surface area contributed by atoms with Gasteiger partial charge in [0.2, 0.25) is 5.88 Å². The lowest BCUT2D eigenvalue weighted by Crippen LogP contribution is -2.35. The monoisotopic (exact) mass is 433 g/mol. The van der Waals surface area contributed by atoms with Crippen molar-refractivity contribution in [3.05, 3.63) is 65.7 Å². The van der Waals surface area contributed by atoms with Gasteiger partial charge in [-0.05, 0) is 87.9 Å².